The number of aliphatic hydroxyl groups is 1. The molecule has 0 aliphatic heterocycles. The molecular weight excluding hydrogens is 450 g/mol. The Hall–Kier alpha value is 0.497. The summed E-state index contributed by atoms with van der Waals surface area (Å²) in [7, 11) is 0. The fraction of sp³-hybridized carbons (Fsp3) is 0.818. The van der Waals surface area contributed by atoms with Gasteiger partial charge in [-0.25, -0.2) is 0 Å². The van der Waals surface area contributed by atoms with E-state index in [0.29, 0.717) is 0 Å². The van der Waals surface area contributed by atoms with Crippen LogP contribution in [0.2, 0.25) is 0 Å². The molecule has 0 fully saturated rings. The van der Waals surface area contributed by atoms with E-state index >= 15 is 0 Å². The first-order valence-corrected chi connectivity index (χ1v) is 5.50. The van der Waals surface area contributed by atoms with Crippen molar-refractivity contribution in [2.75, 3.05) is 0 Å². The average Bonchev–Trinajstić information content (AvgIpc) is 2.18. The zero-order chi connectivity index (χ0) is 13.0. The first-order valence-electron chi connectivity index (χ1n) is 5.50. The molecule has 7 heteroatoms. The van der Waals surface area contributed by atoms with Crippen molar-refractivity contribution in [2.45, 2.75) is 58.5 Å². The van der Waals surface area contributed by atoms with Gasteiger partial charge in [-0.05, 0) is 19.8 Å². The van der Waals surface area contributed by atoms with E-state index in [1.807, 2.05) is 0 Å². The van der Waals surface area contributed by atoms with Crippen molar-refractivity contribution in [1.82, 2.24) is 0 Å². The number of carbonyl (C=O) groups excluding carboxylic acids is 2. The van der Waals surface area contributed by atoms with Gasteiger partial charge in [-0.3, -0.25) is 0 Å². The van der Waals surface area contributed by atoms with Crippen LogP contribution in [0.1, 0.15) is 52.4 Å². The summed E-state index contributed by atoms with van der Waals surface area (Å²) in [5, 5.41) is 27.2. The normalized spacial score (nSPS) is 9.94. The topological polar surface area (TPSA) is 100 Å². The number of carboxylic acid groups (broad SMARTS) is 2. The number of carboxylic acids is 2. The van der Waals surface area contributed by atoms with Crippen molar-refractivity contribution in [3.05, 3.63) is 0 Å². The van der Waals surface area contributed by atoms with E-state index in [4.69, 9.17) is 5.11 Å². The summed E-state index contributed by atoms with van der Waals surface area (Å²) in [6, 6.07) is 0. The van der Waals surface area contributed by atoms with Crippen molar-refractivity contribution in [3.63, 3.8) is 0 Å². The third-order valence-corrected chi connectivity index (χ3v) is 1.83. The van der Waals surface area contributed by atoms with Crippen molar-refractivity contribution in [3.8, 4) is 0 Å². The molecular formula is C11H20O5Sn2+2. The van der Waals surface area contributed by atoms with Gasteiger partial charge in [-0.2, -0.15) is 0 Å². The summed E-state index contributed by atoms with van der Waals surface area (Å²) in [6.45, 7) is 3.27. The third kappa shape index (κ3) is 30.0. The molecule has 1 atom stereocenters. The van der Waals surface area contributed by atoms with E-state index in [0.717, 1.165) is 26.2 Å². The zero-order valence-electron chi connectivity index (χ0n) is 10.9. The SMILES string of the molecule is CC(O)C(=O)[O-].CCCCCCCC(=O)[O-].[Sn+2].[Sn+2]. The van der Waals surface area contributed by atoms with Crippen LogP contribution in [-0.2, 0) is 9.59 Å². The zero-order valence-corrected chi connectivity index (χ0v) is 16.6. The molecule has 4 radical (unpaired) electrons. The van der Waals surface area contributed by atoms with Gasteiger partial charge in [0.2, 0.25) is 0 Å². The Balaban J connectivity index is -0.000000108. The summed E-state index contributed by atoms with van der Waals surface area (Å²) in [4.78, 5) is 19.3. The number of hydrogen-bond acceptors (Lipinski definition) is 5. The summed E-state index contributed by atoms with van der Waals surface area (Å²) in [5.41, 5.74) is 0. The van der Waals surface area contributed by atoms with Crippen LogP contribution in [0.15, 0.2) is 0 Å². The molecule has 0 spiro atoms. The molecule has 0 aliphatic rings. The Morgan fingerprint density at radius 3 is 1.72 bits per heavy atom. The van der Waals surface area contributed by atoms with Crippen LogP contribution in [0.25, 0.3) is 0 Å². The quantitative estimate of drug-likeness (QED) is 0.360. The second-order valence-corrected chi connectivity index (χ2v) is 3.53. The van der Waals surface area contributed by atoms with Gasteiger partial charge < -0.3 is 24.9 Å². The van der Waals surface area contributed by atoms with E-state index in [1.54, 1.807) is 0 Å². The summed E-state index contributed by atoms with van der Waals surface area (Å²) in [5.74, 6) is -2.36. The molecule has 0 amide bonds. The van der Waals surface area contributed by atoms with Crippen LogP contribution in [0.3, 0.4) is 0 Å². The van der Waals surface area contributed by atoms with Crippen LogP contribution in [0.4, 0.5) is 0 Å². The van der Waals surface area contributed by atoms with E-state index in [2.05, 4.69) is 6.92 Å². The van der Waals surface area contributed by atoms with Gasteiger partial charge in [-0.1, -0.05) is 32.6 Å². The van der Waals surface area contributed by atoms with Gasteiger partial charge in [0.05, 0.1) is 12.1 Å². The molecule has 0 heterocycles. The molecule has 0 rings (SSSR count). The van der Waals surface area contributed by atoms with Gasteiger partial charge in [0.15, 0.2) is 0 Å². The molecule has 0 bridgehead atoms. The van der Waals surface area contributed by atoms with E-state index in [9.17, 15) is 19.8 Å². The first kappa shape index (κ1) is 26.9. The number of rotatable bonds is 7. The van der Waals surface area contributed by atoms with Gasteiger partial charge in [-0.15, -0.1) is 0 Å². The Bertz CT molecular complexity index is 198. The molecule has 0 aliphatic carbocycles. The largest absolute Gasteiger partial charge is 2.00 e. The second kappa shape index (κ2) is 19.8. The van der Waals surface area contributed by atoms with Crippen LogP contribution in [0.5, 0.6) is 0 Å². The minimum absolute atomic E-state index is 0. The molecule has 0 aromatic rings. The number of aliphatic hydroxyl groups excluding tert-OH is 1. The minimum Gasteiger partial charge on any atom is -0.550 e. The Morgan fingerprint density at radius 1 is 1.06 bits per heavy atom. The molecule has 1 N–H and O–H groups in total. The maximum absolute atomic E-state index is 9.92. The average molecular weight is 470 g/mol. The number of unbranched alkanes of at least 4 members (excludes halogenated alkanes) is 4. The Labute approximate surface area is 142 Å². The van der Waals surface area contributed by atoms with Gasteiger partial charge in [0.25, 0.3) is 0 Å². The molecule has 0 saturated carbocycles. The van der Waals surface area contributed by atoms with E-state index < -0.39 is 18.0 Å². The van der Waals surface area contributed by atoms with Crippen LogP contribution in [-0.4, -0.2) is 71.0 Å². The second-order valence-electron chi connectivity index (χ2n) is 3.53. The number of carbonyl (C=O) groups is 2. The first-order chi connectivity index (χ1) is 7.41. The summed E-state index contributed by atoms with van der Waals surface area (Å²) >= 11 is 0. The monoisotopic (exact) mass is 472 g/mol. The van der Waals surface area contributed by atoms with Crippen LogP contribution < -0.4 is 10.2 Å². The van der Waals surface area contributed by atoms with Crippen molar-refractivity contribution in [2.24, 2.45) is 0 Å². The molecule has 1 unspecified atom stereocenters. The Kier molecular flexibility index (Phi) is 29.7. The van der Waals surface area contributed by atoms with Gasteiger partial charge >= 0.3 is 47.8 Å². The molecule has 0 aromatic carbocycles. The predicted octanol–water partition coefficient (Wildman–Crippen LogP) is -1.55. The van der Waals surface area contributed by atoms with Crippen molar-refractivity contribution < 1.29 is 24.9 Å². The number of hydrogen-bond donors (Lipinski definition) is 1. The standard InChI is InChI=1S/C8H16O2.C3H6O3.2Sn/c1-2-3-4-5-6-7-8(9)10;1-2(4)3(5)6;;/h2-7H2,1H3,(H,9,10);2,4H,1H3,(H,5,6);;/q;;2*+2/p-2. The van der Waals surface area contributed by atoms with Gasteiger partial charge in [0, 0.05) is 5.97 Å². The van der Waals surface area contributed by atoms with Crippen molar-refractivity contribution >= 4 is 59.8 Å². The smallest absolute Gasteiger partial charge is 0.550 e. The van der Waals surface area contributed by atoms with Crippen molar-refractivity contribution in [1.29, 1.82) is 0 Å². The minimum atomic E-state index is -1.44. The summed E-state index contributed by atoms with van der Waals surface area (Å²) < 4.78 is 0. The van der Waals surface area contributed by atoms with Gasteiger partial charge in [0.1, 0.15) is 0 Å². The fourth-order valence-electron chi connectivity index (χ4n) is 0.873. The molecule has 0 aromatic heterocycles. The Morgan fingerprint density at radius 2 is 1.44 bits per heavy atom. The fourth-order valence-corrected chi connectivity index (χ4v) is 0.873. The third-order valence-electron chi connectivity index (χ3n) is 1.83. The molecule has 0 saturated heterocycles. The molecule has 18 heavy (non-hydrogen) atoms. The number of aliphatic carboxylic acids is 2. The maximum atomic E-state index is 9.92. The summed E-state index contributed by atoms with van der Waals surface area (Å²) in [6.07, 6.45) is 4.26. The predicted molar refractivity (Wildman–Crippen MR) is 66.6 cm³/mol. The maximum Gasteiger partial charge on any atom is 2.00 e. The van der Waals surface area contributed by atoms with E-state index in [1.165, 1.54) is 12.8 Å². The van der Waals surface area contributed by atoms with Crippen LogP contribution >= 0.6 is 0 Å². The molecule has 100 valence electrons. The van der Waals surface area contributed by atoms with E-state index in [-0.39, 0.29) is 54.2 Å². The van der Waals surface area contributed by atoms with Crippen LogP contribution in [0, 0.1) is 0 Å². The molecule has 5 nitrogen and oxygen atoms in total.